The van der Waals surface area contributed by atoms with Crippen molar-refractivity contribution in [2.45, 2.75) is 26.7 Å². The number of carbonyl (C=O) groups is 2. The van der Waals surface area contributed by atoms with Crippen molar-refractivity contribution >= 4 is 11.8 Å². The number of benzene rings is 1. The van der Waals surface area contributed by atoms with Crippen LogP contribution in [-0.4, -0.2) is 22.0 Å². The van der Waals surface area contributed by atoms with Crippen LogP contribution in [0.2, 0.25) is 0 Å². The zero-order valence-corrected chi connectivity index (χ0v) is 18.8. The van der Waals surface area contributed by atoms with Crippen LogP contribution in [-0.2, 0) is 0 Å². The van der Waals surface area contributed by atoms with Crippen molar-refractivity contribution in [2.75, 3.05) is 0 Å². The van der Waals surface area contributed by atoms with Crippen LogP contribution in [0.4, 0.5) is 0 Å². The summed E-state index contributed by atoms with van der Waals surface area (Å²) in [5.41, 5.74) is 1.08. The average Bonchev–Trinajstić information content (AvgIpc) is 3.67. The number of hydrogen-bond donors (Lipinski definition) is 2. The van der Waals surface area contributed by atoms with Crippen molar-refractivity contribution in [1.29, 1.82) is 0 Å². The van der Waals surface area contributed by atoms with Gasteiger partial charge in [-0.3, -0.25) is 14.4 Å². The van der Waals surface area contributed by atoms with E-state index in [4.69, 9.17) is 4.74 Å². The monoisotopic (exact) mass is 460 g/mol. The predicted molar refractivity (Wildman–Crippen MR) is 127 cm³/mol. The van der Waals surface area contributed by atoms with Gasteiger partial charge in [-0.25, -0.2) is 4.79 Å². The molecule has 4 rings (SSSR count). The minimum atomic E-state index is -0.710. The smallest absolute Gasteiger partial charge is 0.343 e. The molecule has 0 amide bonds. The molecule has 1 aliphatic carbocycles. The van der Waals surface area contributed by atoms with E-state index in [9.17, 15) is 29.4 Å². The Hall–Kier alpha value is -4.26. The maximum absolute atomic E-state index is 11.9. The molecule has 7 nitrogen and oxygen atoms in total. The second kappa shape index (κ2) is 10.6. The normalized spacial score (nSPS) is 12.2. The first-order valence-corrected chi connectivity index (χ1v) is 10.7. The maximum atomic E-state index is 11.9. The van der Waals surface area contributed by atoms with Gasteiger partial charge < -0.3 is 14.9 Å². The molecule has 1 saturated carbocycles. The Labute approximate surface area is 195 Å². The highest BCUT2D eigenvalue weighted by Crippen LogP contribution is 2.34. The number of carbonyl (C=O) groups excluding carboxylic acids is 2. The molecule has 0 unspecified atom stereocenters. The van der Waals surface area contributed by atoms with E-state index in [1.807, 2.05) is 19.1 Å². The third kappa shape index (κ3) is 5.95. The van der Waals surface area contributed by atoms with Crippen molar-refractivity contribution in [2.24, 2.45) is 5.92 Å². The molecule has 0 heterocycles. The first-order chi connectivity index (χ1) is 16.2. The molecule has 3 aromatic carbocycles. The molecule has 7 heteroatoms. The number of Topliss-reactive ketones (excluding diaryl/α,β-unsaturated/α-hetero) is 1. The van der Waals surface area contributed by atoms with Gasteiger partial charge in [-0.2, -0.15) is 0 Å². The molecule has 34 heavy (non-hydrogen) atoms. The fraction of sp³-hybridized carbons (Fsp3) is 0.185. The molecule has 0 aliphatic heterocycles. The third-order valence-electron chi connectivity index (χ3n) is 5.27. The minimum absolute atomic E-state index is 0.0118. The fourth-order valence-electron chi connectivity index (χ4n) is 3.17. The summed E-state index contributed by atoms with van der Waals surface area (Å²) in [7, 11) is 0. The SMILES string of the molecule is Cc1cc(=O)c(O)c(O)cc1C(=O)C1CC1.Cc1ccccc1C(=O)Oc1cccccc1=O. The van der Waals surface area contributed by atoms with Gasteiger partial charge in [0.2, 0.25) is 16.6 Å². The van der Waals surface area contributed by atoms with E-state index in [0.717, 1.165) is 18.4 Å². The summed E-state index contributed by atoms with van der Waals surface area (Å²) in [6, 6.07) is 17.2. The minimum Gasteiger partial charge on any atom is -0.504 e. The first-order valence-electron chi connectivity index (χ1n) is 10.7. The molecule has 0 spiro atoms. The quantitative estimate of drug-likeness (QED) is 0.447. The van der Waals surface area contributed by atoms with E-state index >= 15 is 0 Å². The molecule has 174 valence electrons. The van der Waals surface area contributed by atoms with Crippen LogP contribution in [0.3, 0.4) is 0 Å². The molecule has 0 saturated heterocycles. The van der Waals surface area contributed by atoms with Crippen LogP contribution in [0.25, 0.3) is 0 Å². The van der Waals surface area contributed by atoms with E-state index in [-0.39, 0.29) is 22.9 Å². The highest BCUT2D eigenvalue weighted by Gasteiger charge is 2.31. The van der Waals surface area contributed by atoms with Gasteiger partial charge in [-0.15, -0.1) is 0 Å². The van der Waals surface area contributed by atoms with Crippen LogP contribution in [0.15, 0.2) is 76.3 Å². The predicted octanol–water partition coefficient (Wildman–Crippen LogP) is 3.93. The number of aromatic hydroxyl groups is 2. The van der Waals surface area contributed by atoms with Crippen molar-refractivity contribution < 1.29 is 24.5 Å². The van der Waals surface area contributed by atoms with Crippen LogP contribution >= 0.6 is 0 Å². The molecular formula is C27H24O7. The number of esters is 1. The van der Waals surface area contributed by atoms with Gasteiger partial charge in [-0.05, 0) is 68.1 Å². The number of hydrogen-bond acceptors (Lipinski definition) is 7. The summed E-state index contributed by atoms with van der Waals surface area (Å²) in [5, 5.41) is 18.7. The van der Waals surface area contributed by atoms with Crippen molar-refractivity contribution in [3.05, 3.63) is 109 Å². The van der Waals surface area contributed by atoms with Crippen LogP contribution in [0, 0.1) is 19.8 Å². The van der Waals surface area contributed by atoms with E-state index in [0.29, 0.717) is 16.7 Å². The largest absolute Gasteiger partial charge is 0.504 e. The Bertz CT molecular complexity index is 1360. The first kappa shape index (κ1) is 24.4. The Balaban J connectivity index is 0.000000192. The van der Waals surface area contributed by atoms with E-state index in [2.05, 4.69) is 0 Å². The van der Waals surface area contributed by atoms with Crippen molar-refractivity contribution in [1.82, 2.24) is 0 Å². The van der Waals surface area contributed by atoms with Gasteiger partial charge in [0.25, 0.3) is 0 Å². The molecular weight excluding hydrogens is 436 g/mol. The molecule has 0 aromatic heterocycles. The number of ether oxygens (including phenoxy) is 1. The van der Waals surface area contributed by atoms with Gasteiger partial charge in [0.1, 0.15) is 0 Å². The summed E-state index contributed by atoms with van der Waals surface area (Å²) in [5.74, 6) is -1.79. The molecule has 1 fully saturated rings. The second-order valence-electron chi connectivity index (χ2n) is 7.97. The molecule has 0 radical (unpaired) electrons. The Morgan fingerprint density at radius 2 is 1.44 bits per heavy atom. The fourth-order valence-corrected chi connectivity index (χ4v) is 3.17. The van der Waals surface area contributed by atoms with Gasteiger partial charge in [0.15, 0.2) is 17.3 Å². The summed E-state index contributed by atoms with van der Waals surface area (Å²) in [4.78, 5) is 46.7. The third-order valence-corrected chi connectivity index (χ3v) is 5.27. The lowest BCUT2D eigenvalue weighted by Crippen LogP contribution is -2.14. The Morgan fingerprint density at radius 3 is 2.12 bits per heavy atom. The topological polar surface area (TPSA) is 118 Å². The van der Waals surface area contributed by atoms with E-state index in [1.165, 1.54) is 24.3 Å². The van der Waals surface area contributed by atoms with Gasteiger partial charge in [0, 0.05) is 11.5 Å². The zero-order valence-electron chi connectivity index (χ0n) is 18.8. The highest BCUT2D eigenvalue weighted by molar-refractivity contribution is 6.00. The second-order valence-corrected chi connectivity index (χ2v) is 7.97. The Morgan fingerprint density at radius 1 is 0.794 bits per heavy atom. The van der Waals surface area contributed by atoms with Crippen molar-refractivity contribution in [3.63, 3.8) is 0 Å². The maximum Gasteiger partial charge on any atom is 0.343 e. The van der Waals surface area contributed by atoms with E-state index in [1.54, 1.807) is 37.3 Å². The van der Waals surface area contributed by atoms with Gasteiger partial charge >= 0.3 is 5.97 Å². The standard InChI is InChI=1S/C15H12O3.C12H12O4/c1-11-7-5-6-8-12(11)15(17)18-14-10-4-2-3-9-13(14)16;1-6-4-9(13)12(16)10(14)5-8(6)11(15)7-2-3-7/h2-10H,1H3;4-5,7H,2-3H2,1H3,(H2,13,14,16). The molecule has 2 N–H and O–H groups in total. The summed E-state index contributed by atoms with van der Waals surface area (Å²) < 4.78 is 5.12. The number of ketones is 1. The lowest BCUT2D eigenvalue weighted by atomic mass is 10.0. The van der Waals surface area contributed by atoms with Gasteiger partial charge in [-0.1, -0.05) is 36.4 Å². The molecule has 0 atom stereocenters. The van der Waals surface area contributed by atoms with Gasteiger partial charge in [0.05, 0.1) is 5.56 Å². The number of rotatable bonds is 4. The summed E-state index contributed by atoms with van der Waals surface area (Å²) >= 11 is 0. The lowest BCUT2D eigenvalue weighted by Gasteiger charge is -2.04. The van der Waals surface area contributed by atoms with E-state index < -0.39 is 22.9 Å². The summed E-state index contributed by atoms with van der Waals surface area (Å²) in [6.07, 6.45) is 1.71. The van der Waals surface area contributed by atoms with Crippen LogP contribution in [0.5, 0.6) is 17.2 Å². The summed E-state index contributed by atoms with van der Waals surface area (Å²) in [6.45, 7) is 3.44. The van der Waals surface area contributed by atoms with Crippen LogP contribution < -0.4 is 15.6 Å². The number of aryl methyl sites for hydroxylation is 2. The highest BCUT2D eigenvalue weighted by atomic mass is 16.5. The molecule has 1 aliphatic rings. The van der Waals surface area contributed by atoms with Crippen molar-refractivity contribution in [3.8, 4) is 17.2 Å². The lowest BCUT2D eigenvalue weighted by molar-refractivity contribution is 0.0732. The molecule has 3 aromatic rings. The molecule has 0 bridgehead atoms. The zero-order chi connectivity index (χ0) is 24.8. The Kier molecular flexibility index (Phi) is 7.58. The average molecular weight is 460 g/mol. The van der Waals surface area contributed by atoms with Crippen LogP contribution in [0.1, 0.15) is 44.7 Å².